The first-order chi connectivity index (χ1) is 11.9. The number of amides is 2. The van der Waals surface area contributed by atoms with Crippen LogP contribution in [0.3, 0.4) is 0 Å². The summed E-state index contributed by atoms with van der Waals surface area (Å²) in [4.78, 5) is 26.3. The Balaban J connectivity index is 1.81. The number of ether oxygens (including phenoxy) is 1. The van der Waals surface area contributed by atoms with Crippen LogP contribution in [0.1, 0.15) is 13.3 Å². The molecule has 25 heavy (non-hydrogen) atoms. The van der Waals surface area contributed by atoms with Crippen molar-refractivity contribution >= 4 is 46.4 Å². The number of halogens is 2. The number of carbonyl (C=O) groups is 2. The normalized spacial score (nSPS) is 16.7. The summed E-state index contributed by atoms with van der Waals surface area (Å²) in [7, 11) is 0. The highest BCUT2D eigenvalue weighted by atomic mass is 35.5. The van der Waals surface area contributed by atoms with Crippen LogP contribution in [-0.4, -0.2) is 24.5 Å². The molecule has 0 fully saturated rings. The van der Waals surface area contributed by atoms with Gasteiger partial charge < -0.3 is 15.0 Å². The molecule has 7 heteroatoms. The summed E-state index contributed by atoms with van der Waals surface area (Å²) < 4.78 is 5.55. The fourth-order valence-electron chi connectivity index (χ4n) is 2.79. The molecule has 1 heterocycles. The molecule has 0 bridgehead atoms. The average molecular weight is 379 g/mol. The number of fused-ring (bicyclic) bond motifs is 1. The number of nitrogens with one attached hydrogen (secondary N) is 1. The maximum atomic E-state index is 12.8. The Morgan fingerprint density at radius 2 is 1.92 bits per heavy atom. The molecule has 5 nitrogen and oxygen atoms in total. The Kier molecular flexibility index (Phi) is 5.16. The maximum Gasteiger partial charge on any atom is 0.265 e. The minimum atomic E-state index is -0.289. The zero-order valence-electron chi connectivity index (χ0n) is 13.5. The predicted molar refractivity (Wildman–Crippen MR) is 98.6 cm³/mol. The molecule has 3 rings (SSSR count). The molecule has 0 aliphatic carbocycles. The molecule has 2 amide bonds. The van der Waals surface area contributed by atoms with E-state index in [2.05, 4.69) is 5.32 Å². The molecule has 0 spiro atoms. The summed E-state index contributed by atoms with van der Waals surface area (Å²) in [5, 5.41) is 3.68. The Labute approximate surface area is 155 Å². The van der Waals surface area contributed by atoms with Gasteiger partial charge in [0.25, 0.3) is 5.91 Å². The number of rotatable bonds is 3. The zero-order valence-corrected chi connectivity index (χ0v) is 15.0. The number of carbonyl (C=O) groups excluding carboxylic acids is 2. The molecule has 0 radical (unpaired) electrons. The summed E-state index contributed by atoms with van der Waals surface area (Å²) >= 11 is 11.9. The Bertz CT molecular complexity index is 805. The van der Waals surface area contributed by atoms with Crippen molar-refractivity contribution in [1.29, 1.82) is 0 Å². The van der Waals surface area contributed by atoms with Crippen molar-refractivity contribution in [3.63, 3.8) is 0 Å². The topological polar surface area (TPSA) is 58.6 Å². The molecule has 1 aliphatic rings. The SMILES string of the molecule is C[C@H]1CC(=O)Nc2ccccc2N1C(=O)COc1cc(Cl)cc(Cl)c1. The van der Waals surface area contributed by atoms with Gasteiger partial charge in [0.05, 0.1) is 11.4 Å². The van der Waals surface area contributed by atoms with E-state index in [0.29, 0.717) is 27.2 Å². The minimum Gasteiger partial charge on any atom is -0.484 e. The first kappa shape index (κ1) is 17.6. The van der Waals surface area contributed by atoms with Gasteiger partial charge in [-0.25, -0.2) is 0 Å². The number of benzene rings is 2. The Morgan fingerprint density at radius 1 is 1.24 bits per heavy atom. The molecule has 2 aromatic carbocycles. The van der Waals surface area contributed by atoms with Crippen molar-refractivity contribution in [2.45, 2.75) is 19.4 Å². The number of anilines is 2. The Hall–Kier alpha value is -2.24. The standard InChI is InChI=1S/C18H16Cl2N2O3/c1-11-6-17(23)21-15-4-2-3-5-16(15)22(11)18(24)10-25-14-8-12(19)7-13(20)9-14/h2-5,7-9,11H,6,10H2,1H3,(H,21,23)/t11-/m0/s1. The second-order valence-corrected chi connectivity index (χ2v) is 6.65. The van der Waals surface area contributed by atoms with Crippen molar-refractivity contribution in [3.8, 4) is 5.75 Å². The quantitative estimate of drug-likeness (QED) is 0.872. The van der Waals surface area contributed by atoms with Gasteiger partial charge in [-0.1, -0.05) is 35.3 Å². The number of hydrogen-bond donors (Lipinski definition) is 1. The number of para-hydroxylation sites is 2. The average Bonchev–Trinajstić information content (AvgIpc) is 2.66. The number of hydrogen-bond acceptors (Lipinski definition) is 3. The number of nitrogens with zero attached hydrogens (tertiary/aromatic N) is 1. The van der Waals surface area contributed by atoms with Crippen molar-refractivity contribution in [1.82, 2.24) is 0 Å². The van der Waals surface area contributed by atoms with Crippen LogP contribution < -0.4 is 15.0 Å². The lowest BCUT2D eigenvalue weighted by Gasteiger charge is -2.27. The third-order valence-electron chi connectivity index (χ3n) is 3.83. The van der Waals surface area contributed by atoms with Gasteiger partial charge in [0.2, 0.25) is 5.91 Å². The first-order valence-electron chi connectivity index (χ1n) is 7.74. The van der Waals surface area contributed by atoms with Crippen LogP contribution in [0.5, 0.6) is 5.75 Å². The van der Waals surface area contributed by atoms with E-state index in [1.807, 2.05) is 19.1 Å². The van der Waals surface area contributed by atoms with Gasteiger partial charge in [0.15, 0.2) is 6.61 Å². The van der Waals surface area contributed by atoms with Gasteiger partial charge in [-0.3, -0.25) is 9.59 Å². The molecule has 1 N–H and O–H groups in total. The molecule has 0 saturated heterocycles. The first-order valence-corrected chi connectivity index (χ1v) is 8.49. The van der Waals surface area contributed by atoms with Gasteiger partial charge in [-0.05, 0) is 37.3 Å². The van der Waals surface area contributed by atoms with Crippen molar-refractivity contribution in [2.75, 3.05) is 16.8 Å². The third kappa shape index (κ3) is 4.06. The van der Waals surface area contributed by atoms with E-state index in [1.165, 1.54) is 0 Å². The summed E-state index contributed by atoms with van der Waals surface area (Å²) in [6, 6.07) is 11.7. The van der Waals surface area contributed by atoms with Crippen LogP contribution in [0.2, 0.25) is 10.0 Å². The van der Waals surface area contributed by atoms with Gasteiger partial charge in [0.1, 0.15) is 5.75 Å². The smallest absolute Gasteiger partial charge is 0.265 e. The highest BCUT2D eigenvalue weighted by Gasteiger charge is 2.29. The van der Waals surface area contributed by atoms with Gasteiger partial charge >= 0.3 is 0 Å². The third-order valence-corrected chi connectivity index (χ3v) is 4.26. The van der Waals surface area contributed by atoms with Crippen LogP contribution in [0, 0.1) is 0 Å². The molecule has 2 aromatic rings. The van der Waals surface area contributed by atoms with Crippen LogP contribution >= 0.6 is 23.2 Å². The van der Waals surface area contributed by atoms with Crippen LogP contribution in [0.25, 0.3) is 0 Å². The van der Waals surface area contributed by atoms with E-state index < -0.39 is 0 Å². The fraction of sp³-hybridized carbons (Fsp3) is 0.222. The predicted octanol–water partition coefficient (Wildman–Crippen LogP) is 4.14. The van der Waals surface area contributed by atoms with E-state index in [-0.39, 0.29) is 30.9 Å². The van der Waals surface area contributed by atoms with E-state index in [9.17, 15) is 9.59 Å². The summed E-state index contributed by atoms with van der Waals surface area (Å²) in [6.07, 6.45) is 0.212. The lowest BCUT2D eigenvalue weighted by atomic mass is 10.1. The molecule has 130 valence electrons. The van der Waals surface area contributed by atoms with Crippen LogP contribution in [0.4, 0.5) is 11.4 Å². The van der Waals surface area contributed by atoms with Crippen LogP contribution in [-0.2, 0) is 9.59 Å². The maximum absolute atomic E-state index is 12.8. The molecule has 1 atom stereocenters. The van der Waals surface area contributed by atoms with Gasteiger partial charge in [-0.2, -0.15) is 0 Å². The zero-order chi connectivity index (χ0) is 18.0. The van der Waals surface area contributed by atoms with E-state index in [0.717, 1.165) is 0 Å². The van der Waals surface area contributed by atoms with Gasteiger partial charge in [-0.15, -0.1) is 0 Å². The van der Waals surface area contributed by atoms with Crippen LogP contribution in [0.15, 0.2) is 42.5 Å². The minimum absolute atomic E-state index is 0.127. The molecular weight excluding hydrogens is 363 g/mol. The van der Waals surface area contributed by atoms with Crippen molar-refractivity contribution < 1.29 is 14.3 Å². The van der Waals surface area contributed by atoms with Crippen molar-refractivity contribution in [3.05, 3.63) is 52.5 Å². The summed E-state index contributed by atoms with van der Waals surface area (Å²) in [6.45, 7) is 1.64. The molecular formula is C18H16Cl2N2O3. The lowest BCUT2D eigenvalue weighted by molar-refractivity contribution is -0.121. The molecule has 0 unspecified atom stereocenters. The largest absolute Gasteiger partial charge is 0.484 e. The fourth-order valence-corrected chi connectivity index (χ4v) is 3.30. The van der Waals surface area contributed by atoms with Crippen molar-refractivity contribution in [2.24, 2.45) is 0 Å². The molecule has 1 aliphatic heterocycles. The van der Waals surface area contributed by atoms with E-state index >= 15 is 0 Å². The second kappa shape index (κ2) is 7.33. The van der Waals surface area contributed by atoms with Gasteiger partial charge in [0, 0.05) is 22.5 Å². The lowest BCUT2D eigenvalue weighted by Crippen LogP contribution is -2.41. The molecule has 0 saturated carbocycles. The van der Waals surface area contributed by atoms with E-state index in [1.54, 1.807) is 35.2 Å². The summed E-state index contributed by atoms with van der Waals surface area (Å²) in [5.74, 6) is 0.0288. The summed E-state index contributed by atoms with van der Waals surface area (Å²) in [5.41, 5.74) is 1.26. The highest BCUT2D eigenvalue weighted by molar-refractivity contribution is 6.34. The van der Waals surface area contributed by atoms with E-state index in [4.69, 9.17) is 27.9 Å². The monoisotopic (exact) mass is 378 g/mol. The second-order valence-electron chi connectivity index (χ2n) is 5.78. The molecule has 0 aromatic heterocycles. The highest BCUT2D eigenvalue weighted by Crippen LogP contribution is 2.31. The Morgan fingerprint density at radius 3 is 2.64 bits per heavy atom.